The molecule has 0 aliphatic rings. The fourth-order valence-corrected chi connectivity index (χ4v) is 2.05. The van der Waals surface area contributed by atoms with E-state index in [9.17, 15) is 0 Å². The highest BCUT2D eigenvalue weighted by atomic mass is 15.3. The van der Waals surface area contributed by atoms with Crippen molar-refractivity contribution in [3.05, 3.63) is 29.8 Å². The Morgan fingerprint density at radius 1 is 1.22 bits per heavy atom. The first-order valence-electron chi connectivity index (χ1n) is 6.53. The lowest BCUT2D eigenvalue weighted by Gasteiger charge is -2.08. The summed E-state index contributed by atoms with van der Waals surface area (Å²) in [6, 6.07) is 2.06. The van der Waals surface area contributed by atoms with Crippen molar-refractivity contribution in [2.24, 2.45) is 0 Å². The summed E-state index contributed by atoms with van der Waals surface area (Å²) in [4.78, 5) is 0. The van der Waals surface area contributed by atoms with E-state index < -0.39 is 0 Å². The number of aromatic nitrogens is 4. The molecule has 18 heavy (non-hydrogen) atoms. The second-order valence-corrected chi connectivity index (χ2v) is 4.36. The number of hydrogen-bond donors (Lipinski definition) is 1. The van der Waals surface area contributed by atoms with Crippen molar-refractivity contribution in [1.82, 2.24) is 19.6 Å². The summed E-state index contributed by atoms with van der Waals surface area (Å²) in [5.74, 6) is 0. The van der Waals surface area contributed by atoms with Gasteiger partial charge in [-0.1, -0.05) is 6.92 Å². The molecule has 1 N–H and O–H groups in total. The van der Waals surface area contributed by atoms with Gasteiger partial charge in [0, 0.05) is 19.3 Å². The predicted molar refractivity (Wildman–Crippen MR) is 72.5 cm³/mol. The minimum Gasteiger partial charge on any atom is -0.377 e. The zero-order valence-electron chi connectivity index (χ0n) is 11.3. The van der Waals surface area contributed by atoms with Gasteiger partial charge >= 0.3 is 0 Å². The lowest BCUT2D eigenvalue weighted by molar-refractivity contribution is 0.578. The smallest absolute Gasteiger partial charge is 0.0759 e. The lowest BCUT2D eigenvalue weighted by Crippen LogP contribution is -2.09. The Labute approximate surface area is 108 Å². The first-order valence-corrected chi connectivity index (χ1v) is 6.53. The van der Waals surface area contributed by atoms with Crippen LogP contribution in [0.3, 0.4) is 0 Å². The molecule has 98 valence electrons. The monoisotopic (exact) mass is 247 g/mol. The third-order valence-corrected chi connectivity index (χ3v) is 3.10. The number of hydrogen-bond acceptors (Lipinski definition) is 3. The number of aryl methyl sites for hydroxylation is 2. The molecule has 0 atom stereocenters. The van der Waals surface area contributed by atoms with Crippen LogP contribution in [0.25, 0.3) is 0 Å². The van der Waals surface area contributed by atoms with E-state index in [0.717, 1.165) is 31.7 Å². The van der Waals surface area contributed by atoms with Crippen molar-refractivity contribution in [2.75, 3.05) is 5.32 Å². The van der Waals surface area contributed by atoms with E-state index in [4.69, 9.17) is 0 Å². The zero-order chi connectivity index (χ0) is 13.0. The molecule has 2 heterocycles. The molecule has 0 bridgehead atoms. The van der Waals surface area contributed by atoms with E-state index in [1.54, 1.807) is 0 Å². The molecular formula is C13H21N5. The van der Waals surface area contributed by atoms with Gasteiger partial charge in [0.15, 0.2) is 0 Å². The van der Waals surface area contributed by atoms with Crippen molar-refractivity contribution in [2.45, 2.75) is 46.8 Å². The van der Waals surface area contributed by atoms with Gasteiger partial charge in [0.2, 0.25) is 0 Å². The van der Waals surface area contributed by atoms with E-state index in [2.05, 4.69) is 42.4 Å². The van der Waals surface area contributed by atoms with E-state index in [1.165, 1.54) is 11.4 Å². The maximum atomic E-state index is 4.32. The number of nitrogens with zero attached hydrogens (tertiary/aromatic N) is 4. The molecule has 0 aliphatic carbocycles. The molecule has 0 fully saturated rings. The molecule has 5 heteroatoms. The summed E-state index contributed by atoms with van der Waals surface area (Å²) < 4.78 is 4.04. The Kier molecular flexibility index (Phi) is 4.02. The molecule has 0 amide bonds. The minimum atomic E-state index is 0.788. The predicted octanol–water partition coefficient (Wildman–Crippen LogP) is 2.43. The Morgan fingerprint density at radius 2 is 2.06 bits per heavy atom. The average Bonchev–Trinajstić information content (AvgIpc) is 2.94. The van der Waals surface area contributed by atoms with Crippen LogP contribution in [0.5, 0.6) is 0 Å². The second kappa shape index (κ2) is 5.71. The van der Waals surface area contributed by atoms with E-state index in [1.807, 2.05) is 21.8 Å². The van der Waals surface area contributed by atoms with Crippen LogP contribution in [-0.4, -0.2) is 19.6 Å². The van der Waals surface area contributed by atoms with Crippen LogP contribution in [0.2, 0.25) is 0 Å². The molecular weight excluding hydrogens is 226 g/mol. The highest BCUT2D eigenvalue weighted by Crippen LogP contribution is 2.14. The number of nitrogens with one attached hydrogen (secondary N) is 1. The summed E-state index contributed by atoms with van der Waals surface area (Å²) in [6.45, 7) is 9.01. The second-order valence-electron chi connectivity index (χ2n) is 4.36. The Balaban J connectivity index is 2.02. The van der Waals surface area contributed by atoms with Crippen molar-refractivity contribution in [3.8, 4) is 0 Å². The molecule has 2 aromatic rings. The largest absolute Gasteiger partial charge is 0.377 e. The Hall–Kier alpha value is -1.78. The van der Waals surface area contributed by atoms with Crippen molar-refractivity contribution in [1.29, 1.82) is 0 Å². The fourth-order valence-electron chi connectivity index (χ4n) is 2.05. The summed E-state index contributed by atoms with van der Waals surface area (Å²) >= 11 is 0. The van der Waals surface area contributed by atoms with Crippen molar-refractivity contribution < 1.29 is 0 Å². The zero-order valence-corrected chi connectivity index (χ0v) is 11.3. The molecule has 0 spiro atoms. The molecule has 0 radical (unpaired) electrons. The van der Waals surface area contributed by atoms with Gasteiger partial charge in [-0.15, -0.1) is 0 Å². The SMILES string of the molecule is CCCn1nccc1CNc1cnn(CC)c1C. The minimum absolute atomic E-state index is 0.788. The Morgan fingerprint density at radius 3 is 2.72 bits per heavy atom. The molecule has 0 saturated carbocycles. The highest BCUT2D eigenvalue weighted by Gasteiger charge is 2.06. The molecule has 0 saturated heterocycles. The quantitative estimate of drug-likeness (QED) is 0.853. The van der Waals surface area contributed by atoms with Crippen LogP contribution in [0.4, 0.5) is 5.69 Å². The van der Waals surface area contributed by atoms with Gasteiger partial charge in [-0.2, -0.15) is 10.2 Å². The van der Waals surface area contributed by atoms with Gasteiger partial charge in [-0.25, -0.2) is 0 Å². The van der Waals surface area contributed by atoms with Crippen molar-refractivity contribution >= 4 is 5.69 Å². The van der Waals surface area contributed by atoms with Gasteiger partial charge in [-0.05, 0) is 26.3 Å². The van der Waals surface area contributed by atoms with Crippen LogP contribution in [0.1, 0.15) is 31.7 Å². The average molecular weight is 247 g/mol. The molecule has 0 unspecified atom stereocenters. The standard InChI is InChI=1S/C13H21N5/c1-4-8-18-12(6-7-15-18)9-14-13-10-16-17(5-2)11(13)3/h6-7,10,14H,4-5,8-9H2,1-3H3. The number of rotatable bonds is 6. The molecule has 0 aromatic carbocycles. The maximum Gasteiger partial charge on any atom is 0.0759 e. The molecule has 0 aliphatic heterocycles. The summed E-state index contributed by atoms with van der Waals surface area (Å²) in [6.07, 6.45) is 4.84. The van der Waals surface area contributed by atoms with Gasteiger partial charge in [0.05, 0.1) is 29.8 Å². The van der Waals surface area contributed by atoms with Gasteiger partial charge < -0.3 is 5.32 Å². The molecule has 2 aromatic heterocycles. The van der Waals surface area contributed by atoms with E-state index in [0.29, 0.717) is 0 Å². The van der Waals surface area contributed by atoms with Crippen LogP contribution < -0.4 is 5.32 Å². The first kappa shape index (κ1) is 12.7. The third kappa shape index (κ3) is 2.55. The third-order valence-electron chi connectivity index (χ3n) is 3.10. The molecule has 2 rings (SSSR count). The lowest BCUT2D eigenvalue weighted by atomic mass is 10.3. The fraction of sp³-hybridized carbons (Fsp3) is 0.538. The first-order chi connectivity index (χ1) is 8.76. The van der Waals surface area contributed by atoms with E-state index in [-0.39, 0.29) is 0 Å². The van der Waals surface area contributed by atoms with Gasteiger partial charge in [0.25, 0.3) is 0 Å². The molecule has 5 nitrogen and oxygen atoms in total. The normalized spacial score (nSPS) is 10.8. The van der Waals surface area contributed by atoms with Crippen molar-refractivity contribution in [3.63, 3.8) is 0 Å². The van der Waals surface area contributed by atoms with Gasteiger partial charge in [0.1, 0.15) is 0 Å². The van der Waals surface area contributed by atoms with Crippen LogP contribution in [-0.2, 0) is 19.6 Å². The number of anilines is 1. The summed E-state index contributed by atoms with van der Waals surface area (Å²) in [7, 11) is 0. The topological polar surface area (TPSA) is 47.7 Å². The summed E-state index contributed by atoms with van der Waals surface area (Å²) in [5.41, 5.74) is 3.49. The highest BCUT2D eigenvalue weighted by molar-refractivity contribution is 5.45. The summed E-state index contributed by atoms with van der Waals surface area (Å²) in [5, 5.41) is 12.1. The van der Waals surface area contributed by atoms with Crippen LogP contribution in [0, 0.1) is 6.92 Å². The van der Waals surface area contributed by atoms with Crippen LogP contribution >= 0.6 is 0 Å². The van der Waals surface area contributed by atoms with Gasteiger partial charge in [-0.3, -0.25) is 9.36 Å². The maximum absolute atomic E-state index is 4.32. The van der Waals surface area contributed by atoms with E-state index >= 15 is 0 Å². The van der Waals surface area contributed by atoms with Crippen LogP contribution in [0.15, 0.2) is 18.5 Å². The Bertz CT molecular complexity index is 497.